The molecule has 0 aromatic heterocycles. The maximum absolute atomic E-state index is 11.8. The van der Waals surface area contributed by atoms with Gasteiger partial charge in [0.1, 0.15) is 6.54 Å². The summed E-state index contributed by atoms with van der Waals surface area (Å²) < 4.78 is 25.3. The van der Waals surface area contributed by atoms with Crippen LogP contribution in [0.5, 0.6) is 0 Å². The zero-order valence-corrected chi connectivity index (χ0v) is 9.79. The SMILES string of the molecule is O=C1CN(C(=O)NS(=O)(=O)c2ccccc2)N=N1. The molecule has 1 aromatic carbocycles. The molecule has 0 spiro atoms. The first-order valence-electron chi connectivity index (χ1n) is 4.83. The van der Waals surface area contributed by atoms with Crippen molar-refractivity contribution in [3.05, 3.63) is 30.3 Å². The number of nitrogens with one attached hydrogen (secondary N) is 1. The van der Waals surface area contributed by atoms with E-state index >= 15 is 0 Å². The normalized spacial score (nSPS) is 14.9. The molecule has 1 aliphatic heterocycles. The van der Waals surface area contributed by atoms with E-state index < -0.39 is 22.0 Å². The van der Waals surface area contributed by atoms with E-state index in [9.17, 15) is 18.0 Å². The van der Waals surface area contributed by atoms with E-state index in [-0.39, 0.29) is 11.4 Å². The van der Waals surface area contributed by atoms with Gasteiger partial charge in [-0.3, -0.25) is 4.79 Å². The number of urea groups is 1. The van der Waals surface area contributed by atoms with Gasteiger partial charge in [0.25, 0.3) is 15.9 Å². The molecule has 0 saturated heterocycles. The second-order valence-electron chi connectivity index (χ2n) is 3.36. The Bertz CT molecular complexity index is 611. The Labute approximate surface area is 102 Å². The molecule has 1 heterocycles. The minimum atomic E-state index is -3.97. The second kappa shape index (κ2) is 4.53. The molecule has 9 heteroatoms. The first-order valence-corrected chi connectivity index (χ1v) is 6.31. The molecule has 94 valence electrons. The van der Waals surface area contributed by atoms with E-state index in [0.29, 0.717) is 5.01 Å². The highest BCUT2D eigenvalue weighted by atomic mass is 32.2. The van der Waals surface area contributed by atoms with Gasteiger partial charge < -0.3 is 0 Å². The molecule has 1 aliphatic rings. The summed E-state index contributed by atoms with van der Waals surface area (Å²) in [5, 5.41) is 6.97. The summed E-state index contributed by atoms with van der Waals surface area (Å²) in [4.78, 5) is 22.2. The average Bonchev–Trinajstić information content (AvgIpc) is 2.77. The Balaban J connectivity index is 2.12. The fourth-order valence-corrected chi connectivity index (χ4v) is 2.20. The number of amides is 3. The summed E-state index contributed by atoms with van der Waals surface area (Å²) >= 11 is 0. The van der Waals surface area contributed by atoms with E-state index in [2.05, 4.69) is 10.3 Å². The van der Waals surface area contributed by atoms with Gasteiger partial charge in [-0.2, -0.15) is 5.01 Å². The number of sulfonamides is 1. The van der Waals surface area contributed by atoms with Gasteiger partial charge in [-0.05, 0) is 12.1 Å². The molecule has 0 fully saturated rings. The van der Waals surface area contributed by atoms with Crippen molar-refractivity contribution in [2.45, 2.75) is 4.90 Å². The first-order chi connectivity index (χ1) is 8.49. The van der Waals surface area contributed by atoms with Crippen molar-refractivity contribution >= 4 is 22.0 Å². The molecule has 0 unspecified atom stereocenters. The molecule has 0 aliphatic carbocycles. The van der Waals surface area contributed by atoms with Crippen LogP contribution < -0.4 is 4.72 Å². The van der Waals surface area contributed by atoms with Gasteiger partial charge in [0.05, 0.1) is 4.90 Å². The van der Waals surface area contributed by atoms with Crippen molar-refractivity contribution in [2.24, 2.45) is 10.3 Å². The van der Waals surface area contributed by atoms with Crippen LogP contribution in [0.4, 0.5) is 4.79 Å². The lowest BCUT2D eigenvalue weighted by atomic mass is 10.4. The van der Waals surface area contributed by atoms with Gasteiger partial charge in [-0.25, -0.2) is 17.9 Å². The molecule has 0 atom stereocenters. The third-order valence-corrected chi connectivity index (χ3v) is 3.39. The number of carbonyl (C=O) groups excluding carboxylic acids is 2. The molecule has 18 heavy (non-hydrogen) atoms. The smallest absolute Gasteiger partial charge is 0.269 e. The quantitative estimate of drug-likeness (QED) is 0.831. The van der Waals surface area contributed by atoms with Crippen LogP contribution in [0.1, 0.15) is 0 Å². The Kier molecular flexibility index (Phi) is 3.06. The fraction of sp³-hybridized carbons (Fsp3) is 0.111. The Morgan fingerprint density at radius 1 is 1.28 bits per heavy atom. The van der Waals surface area contributed by atoms with Gasteiger partial charge in [0, 0.05) is 0 Å². The lowest BCUT2D eigenvalue weighted by Gasteiger charge is -2.10. The lowest BCUT2D eigenvalue weighted by molar-refractivity contribution is -0.116. The predicted octanol–water partition coefficient (Wildman–Crippen LogP) is 0.294. The van der Waals surface area contributed by atoms with Gasteiger partial charge >= 0.3 is 6.03 Å². The van der Waals surface area contributed by atoms with Crippen LogP contribution in [0.3, 0.4) is 0 Å². The van der Waals surface area contributed by atoms with Crippen LogP contribution in [0.25, 0.3) is 0 Å². The van der Waals surface area contributed by atoms with Crippen LogP contribution in [-0.4, -0.2) is 31.9 Å². The predicted molar refractivity (Wildman–Crippen MR) is 58.7 cm³/mol. The lowest BCUT2D eigenvalue weighted by Crippen LogP contribution is -2.40. The third-order valence-electron chi connectivity index (χ3n) is 2.06. The molecule has 0 radical (unpaired) electrons. The molecular formula is C9H8N4O4S. The summed E-state index contributed by atoms with van der Waals surface area (Å²) in [7, 11) is -3.97. The summed E-state index contributed by atoms with van der Waals surface area (Å²) in [6.45, 7) is -0.365. The van der Waals surface area contributed by atoms with E-state index in [1.165, 1.54) is 24.3 Å². The minimum Gasteiger partial charge on any atom is -0.269 e. The molecule has 8 nitrogen and oxygen atoms in total. The van der Waals surface area contributed by atoms with Crippen LogP contribution >= 0.6 is 0 Å². The van der Waals surface area contributed by atoms with E-state index in [0.717, 1.165) is 0 Å². The molecule has 0 saturated carbocycles. The Morgan fingerprint density at radius 3 is 2.50 bits per heavy atom. The standard InChI is InChI=1S/C9H8N4O4S/c14-8-6-13(12-10-8)9(15)11-18(16,17)7-4-2-1-3-5-7/h1-5H,6H2,(H,11,15). The van der Waals surface area contributed by atoms with Gasteiger partial charge in [-0.15, -0.1) is 0 Å². The zero-order valence-electron chi connectivity index (χ0n) is 8.98. The topological polar surface area (TPSA) is 108 Å². The van der Waals surface area contributed by atoms with Gasteiger partial charge in [-0.1, -0.05) is 28.5 Å². The highest BCUT2D eigenvalue weighted by Crippen LogP contribution is 2.09. The molecular weight excluding hydrogens is 260 g/mol. The minimum absolute atomic E-state index is 0.0548. The molecule has 3 amide bonds. The van der Waals surface area contributed by atoms with E-state index in [1.54, 1.807) is 10.8 Å². The van der Waals surface area contributed by atoms with Crippen LogP contribution in [0.15, 0.2) is 45.6 Å². The van der Waals surface area contributed by atoms with E-state index in [4.69, 9.17) is 0 Å². The zero-order chi connectivity index (χ0) is 13.2. The fourth-order valence-electron chi connectivity index (χ4n) is 1.23. The Morgan fingerprint density at radius 2 is 1.94 bits per heavy atom. The number of hydrogen-bond donors (Lipinski definition) is 1. The van der Waals surface area contributed by atoms with Crippen LogP contribution in [-0.2, 0) is 14.8 Å². The van der Waals surface area contributed by atoms with Crippen molar-refractivity contribution in [3.8, 4) is 0 Å². The largest absolute Gasteiger partial charge is 0.353 e. The summed E-state index contributed by atoms with van der Waals surface area (Å²) in [5.41, 5.74) is 0. The van der Waals surface area contributed by atoms with Crippen LogP contribution in [0, 0.1) is 0 Å². The number of hydrogen-bond acceptors (Lipinski definition) is 5. The third kappa shape index (κ3) is 2.51. The van der Waals surface area contributed by atoms with Crippen molar-refractivity contribution in [1.82, 2.24) is 9.73 Å². The van der Waals surface area contributed by atoms with Crippen molar-refractivity contribution in [3.63, 3.8) is 0 Å². The number of nitrogens with zero attached hydrogens (tertiary/aromatic N) is 3. The van der Waals surface area contributed by atoms with Crippen LogP contribution in [0.2, 0.25) is 0 Å². The highest BCUT2D eigenvalue weighted by Gasteiger charge is 2.26. The van der Waals surface area contributed by atoms with Gasteiger partial charge in [0.15, 0.2) is 0 Å². The number of carbonyl (C=O) groups is 2. The summed E-state index contributed by atoms with van der Waals surface area (Å²) in [5.74, 6) is -0.609. The van der Waals surface area contributed by atoms with Crippen molar-refractivity contribution < 1.29 is 18.0 Å². The van der Waals surface area contributed by atoms with E-state index in [1.807, 2.05) is 0 Å². The maximum atomic E-state index is 11.8. The van der Waals surface area contributed by atoms with Gasteiger partial charge in [0.2, 0.25) is 0 Å². The summed E-state index contributed by atoms with van der Waals surface area (Å²) in [6.07, 6.45) is 0. The summed E-state index contributed by atoms with van der Waals surface area (Å²) in [6, 6.07) is 6.36. The maximum Gasteiger partial charge on any atom is 0.353 e. The number of rotatable bonds is 2. The molecule has 1 N–H and O–H groups in total. The first kappa shape index (κ1) is 12.2. The van der Waals surface area contributed by atoms with Crippen molar-refractivity contribution in [1.29, 1.82) is 0 Å². The van der Waals surface area contributed by atoms with Crippen molar-refractivity contribution in [2.75, 3.05) is 6.54 Å². The molecule has 2 rings (SSSR count). The average molecular weight is 268 g/mol. The second-order valence-corrected chi connectivity index (χ2v) is 5.05. The monoisotopic (exact) mass is 268 g/mol. The highest BCUT2D eigenvalue weighted by molar-refractivity contribution is 7.90. The molecule has 0 bridgehead atoms. The Hall–Kier alpha value is -2.29. The molecule has 1 aromatic rings. The number of benzene rings is 1.